The number of aryl methyl sites for hydroxylation is 2. The van der Waals surface area contributed by atoms with Crippen LogP contribution >= 0.6 is 0 Å². The highest BCUT2D eigenvalue weighted by Crippen LogP contribution is 2.33. The zero-order chi connectivity index (χ0) is 21.6. The van der Waals surface area contributed by atoms with E-state index in [1.165, 1.54) is 0 Å². The summed E-state index contributed by atoms with van der Waals surface area (Å²) in [6.45, 7) is 4.90. The highest BCUT2D eigenvalue weighted by Gasteiger charge is 2.35. The van der Waals surface area contributed by atoms with Crippen molar-refractivity contribution < 1.29 is 12.8 Å². The van der Waals surface area contributed by atoms with Crippen LogP contribution in [-0.4, -0.2) is 40.3 Å². The van der Waals surface area contributed by atoms with Gasteiger partial charge in [-0.1, -0.05) is 18.2 Å². The molecular weight excluding hydrogens is 412 g/mol. The second kappa shape index (κ2) is 7.62. The van der Waals surface area contributed by atoms with Crippen LogP contribution in [0.25, 0.3) is 22.7 Å². The first-order valence-corrected chi connectivity index (χ1v) is 11.9. The second-order valence-corrected chi connectivity index (χ2v) is 10.1. The van der Waals surface area contributed by atoms with Gasteiger partial charge in [-0.3, -0.25) is 0 Å². The van der Waals surface area contributed by atoms with E-state index < -0.39 is 10.0 Å². The molecule has 0 radical (unpaired) electrons. The fraction of sp³-hybridized carbons (Fsp3) is 0.304. The first kappa shape index (κ1) is 20.0. The predicted octanol–water partition coefficient (Wildman–Crippen LogP) is 4.08. The van der Waals surface area contributed by atoms with E-state index in [4.69, 9.17) is 9.40 Å². The SMILES string of the molecule is Cc1ccc(CS(=O)(=O)N2CC[C@H](n3c(-c4ccco4)nc4cccnc43)C2)cc1C. The highest BCUT2D eigenvalue weighted by atomic mass is 32.2. The molecule has 1 aliphatic heterocycles. The Kier molecular flexibility index (Phi) is 4.91. The van der Waals surface area contributed by atoms with Crippen molar-refractivity contribution in [1.29, 1.82) is 0 Å². The van der Waals surface area contributed by atoms with Gasteiger partial charge in [-0.25, -0.2) is 18.4 Å². The smallest absolute Gasteiger partial charge is 0.218 e. The van der Waals surface area contributed by atoms with E-state index in [9.17, 15) is 8.42 Å². The summed E-state index contributed by atoms with van der Waals surface area (Å²) < 4.78 is 35.5. The summed E-state index contributed by atoms with van der Waals surface area (Å²) in [6, 6.07) is 13.2. The van der Waals surface area contributed by atoms with E-state index in [0.717, 1.165) is 27.9 Å². The lowest BCUT2D eigenvalue weighted by Gasteiger charge is -2.18. The normalized spacial score (nSPS) is 17.5. The van der Waals surface area contributed by atoms with Gasteiger partial charge >= 0.3 is 0 Å². The number of pyridine rings is 1. The summed E-state index contributed by atoms with van der Waals surface area (Å²) in [6.07, 6.45) is 4.04. The topological polar surface area (TPSA) is 81.2 Å². The number of rotatable bonds is 5. The molecule has 1 aromatic carbocycles. The van der Waals surface area contributed by atoms with Gasteiger partial charge in [-0.2, -0.15) is 4.31 Å². The first-order chi connectivity index (χ1) is 14.9. The summed E-state index contributed by atoms with van der Waals surface area (Å²) in [5.74, 6) is 1.33. The Morgan fingerprint density at radius 2 is 2.00 bits per heavy atom. The Bertz CT molecular complexity index is 1340. The van der Waals surface area contributed by atoms with Crippen molar-refractivity contribution in [3.63, 3.8) is 0 Å². The quantitative estimate of drug-likeness (QED) is 0.471. The third kappa shape index (κ3) is 3.66. The van der Waals surface area contributed by atoms with Gasteiger partial charge in [-0.15, -0.1) is 0 Å². The number of nitrogens with zero attached hydrogens (tertiary/aromatic N) is 4. The minimum atomic E-state index is -3.43. The number of aromatic nitrogens is 3. The van der Waals surface area contributed by atoms with Gasteiger partial charge in [0, 0.05) is 19.3 Å². The van der Waals surface area contributed by atoms with Crippen LogP contribution in [0, 0.1) is 13.8 Å². The molecule has 1 saturated heterocycles. The lowest BCUT2D eigenvalue weighted by Crippen LogP contribution is -2.30. The molecule has 8 heteroatoms. The lowest BCUT2D eigenvalue weighted by atomic mass is 10.1. The van der Waals surface area contributed by atoms with E-state index in [2.05, 4.69) is 4.98 Å². The molecule has 0 amide bonds. The molecule has 1 atom stereocenters. The number of sulfonamides is 1. The molecule has 0 aliphatic carbocycles. The third-order valence-electron chi connectivity index (χ3n) is 6.00. The molecule has 4 heterocycles. The third-order valence-corrected chi connectivity index (χ3v) is 7.81. The molecule has 31 heavy (non-hydrogen) atoms. The van der Waals surface area contributed by atoms with Gasteiger partial charge in [0.15, 0.2) is 17.2 Å². The molecular formula is C23H24N4O3S. The van der Waals surface area contributed by atoms with Crippen LogP contribution in [0.1, 0.15) is 29.2 Å². The molecule has 4 aromatic rings. The highest BCUT2D eigenvalue weighted by molar-refractivity contribution is 7.88. The average Bonchev–Trinajstić information content (AvgIpc) is 3.49. The second-order valence-electron chi connectivity index (χ2n) is 8.10. The van der Waals surface area contributed by atoms with Crippen molar-refractivity contribution in [2.75, 3.05) is 13.1 Å². The number of fused-ring (bicyclic) bond motifs is 1. The number of imidazole rings is 1. The fourth-order valence-corrected chi connectivity index (χ4v) is 5.79. The first-order valence-electron chi connectivity index (χ1n) is 10.3. The Morgan fingerprint density at radius 1 is 1.13 bits per heavy atom. The summed E-state index contributed by atoms with van der Waals surface area (Å²) in [4.78, 5) is 9.23. The minimum absolute atomic E-state index is 0.00874. The molecule has 3 aromatic heterocycles. The standard InChI is InChI=1S/C23H24N4O3S/c1-16-7-8-18(13-17(16)2)15-31(28,29)26-11-9-19(14-26)27-22-20(5-3-10-24-22)25-23(27)21-6-4-12-30-21/h3-8,10,12-13,19H,9,11,14-15H2,1-2H3/t19-/m0/s1. The molecule has 1 aliphatic rings. The molecule has 0 bridgehead atoms. The molecule has 7 nitrogen and oxygen atoms in total. The van der Waals surface area contributed by atoms with Crippen LogP contribution in [0.5, 0.6) is 0 Å². The Morgan fingerprint density at radius 3 is 2.77 bits per heavy atom. The summed E-state index contributed by atoms with van der Waals surface area (Å²) in [5.41, 5.74) is 4.59. The van der Waals surface area contributed by atoms with E-state index in [-0.39, 0.29) is 11.8 Å². The van der Waals surface area contributed by atoms with Crippen LogP contribution in [0.2, 0.25) is 0 Å². The number of benzene rings is 1. The summed E-state index contributed by atoms with van der Waals surface area (Å²) in [5, 5.41) is 0. The minimum Gasteiger partial charge on any atom is -0.461 e. The Hall–Kier alpha value is -2.97. The summed E-state index contributed by atoms with van der Waals surface area (Å²) in [7, 11) is -3.43. The van der Waals surface area contributed by atoms with Crippen LogP contribution in [0.3, 0.4) is 0 Å². The van der Waals surface area contributed by atoms with Crippen molar-refractivity contribution in [3.05, 3.63) is 71.6 Å². The molecule has 0 spiro atoms. The average molecular weight is 437 g/mol. The molecule has 0 saturated carbocycles. The van der Waals surface area contributed by atoms with Crippen LogP contribution in [0.4, 0.5) is 0 Å². The number of hydrogen-bond acceptors (Lipinski definition) is 5. The van der Waals surface area contributed by atoms with Crippen molar-refractivity contribution in [2.24, 2.45) is 0 Å². The van der Waals surface area contributed by atoms with E-state index in [1.54, 1.807) is 16.8 Å². The lowest BCUT2D eigenvalue weighted by molar-refractivity contribution is 0.453. The molecule has 0 unspecified atom stereocenters. The van der Waals surface area contributed by atoms with Crippen LogP contribution in [0.15, 0.2) is 59.3 Å². The zero-order valence-corrected chi connectivity index (χ0v) is 18.3. The molecule has 0 N–H and O–H groups in total. The van der Waals surface area contributed by atoms with Crippen molar-refractivity contribution >= 4 is 21.2 Å². The van der Waals surface area contributed by atoms with Crippen molar-refractivity contribution in [2.45, 2.75) is 32.1 Å². The van der Waals surface area contributed by atoms with Gasteiger partial charge in [0.1, 0.15) is 5.52 Å². The van der Waals surface area contributed by atoms with Gasteiger partial charge < -0.3 is 8.98 Å². The van der Waals surface area contributed by atoms with Crippen LogP contribution in [-0.2, 0) is 15.8 Å². The fourth-order valence-electron chi connectivity index (χ4n) is 4.22. The van der Waals surface area contributed by atoms with Gasteiger partial charge in [-0.05, 0) is 61.2 Å². The largest absolute Gasteiger partial charge is 0.461 e. The Labute approximate surface area is 181 Å². The van der Waals surface area contributed by atoms with E-state index >= 15 is 0 Å². The number of furan rings is 1. The summed E-state index contributed by atoms with van der Waals surface area (Å²) >= 11 is 0. The molecule has 5 rings (SSSR count). The van der Waals surface area contributed by atoms with Gasteiger partial charge in [0.05, 0.1) is 18.1 Å². The van der Waals surface area contributed by atoms with Crippen molar-refractivity contribution in [3.8, 4) is 11.6 Å². The monoisotopic (exact) mass is 436 g/mol. The van der Waals surface area contributed by atoms with Gasteiger partial charge in [0.2, 0.25) is 10.0 Å². The maximum absolute atomic E-state index is 13.2. The zero-order valence-electron chi connectivity index (χ0n) is 17.5. The van der Waals surface area contributed by atoms with E-state index in [0.29, 0.717) is 31.1 Å². The predicted molar refractivity (Wildman–Crippen MR) is 119 cm³/mol. The van der Waals surface area contributed by atoms with Gasteiger partial charge in [0.25, 0.3) is 0 Å². The maximum atomic E-state index is 13.2. The maximum Gasteiger partial charge on any atom is 0.218 e. The number of hydrogen-bond donors (Lipinski definition) is 0. The van der Waals surface area contributed by atoms with Crippen molar-refractivity contribution in [1.82, 2.24) is 18.8 Å². The van der Waals surface area contributed by atoms with Crippen LogP contribution < -0.4 is 0 Å². The molecule has 160 valence electrons. The molecule has 1 fully saturated rings. The van der Waals surface area contributed by atoms with E-state index in [1.807, 2.05) is 60.9 Å². The Balaban J connectivity index is 1.45.